The smallest absolute Gasteiger partial charge is 0.251 e. The van der Waals surface area contributed by atoms with Crippen LogP contribution in [0.25, 0.3) is 0 Å². The Morgan fingerprint density at radius 1 is 1.39 bits per heavy atom. The molecule has 0 spiro atoms. The molecule has 0 aliphatic carbocycles. The van der Waals surface area contributed by atoms with Crippen LogP contribution in [0, 0.1) is 0 Å². The molecule has 100 valence electrons. The molecule has 0 atom stereocenters. The minimum atomic E-state index is -0.0457. The van der Waals surface area contributed by atoms with Crippen LogP contribution in [0.4, 0.5) is 0 Å². The van der Waals surface area contributed by atoms with E-state index in [1.54, 1.807) is 12.1 Å². The van der Waals surface area contributed by atoms with Crippen molar-refractivity contribution in [1.82, 2.24) is 5.32 Å². The van der Waals surface area contributed by atoms with E-state index in [4.69, 9.17) is 4.74 Å². The van der Waals surface area contributed by atoms with Crippen LogP contribution in [0.3, 0.4) is 0 Å². The normalized spacial score (nSPS) is 10.7. The van der Waals surface area contributed by atoms with Crippen molar-refractivity contribution >= 4 is 18.5 Å². The lowest BCUT2D eigenvalue weighted by atomic mass is 10.2. The Hall–Kier alpha value is -1.00. The fraction of sp³-hybridized carbons (Fsp3) is 0.500. The van der Waals surface area contributed by atoms with Gasteiger partial charge in [-0.05, 0) is 44.9 Å². The first kappa shape index (κ1) is 15.1. The predicted molar refractivity (Wildman–Crippen MR) is 76.3 cm³/mol. The van der Waals surface area contributed by atoms with E-state index in [0.29, 0.717) is 12.1 Å². The number of carbonyl (C=O) groups excluding carboxylic acids is 1. The summed E-state index contributed by atoms with van der Waals surface area (Å²) in [5.41, 5.74) is 0.654. The Balaban J connectivity index is 2.18. The van der Waals surface area contributed by atoms with Gasteiger partial charge in [-0.25, -0.2) is 0 Å². The summed E-state index contributed by atoms with van der Waals surface area (Å²) in [6, 6.07) is 7.23. The Bertz CT molecular complexity index is 380. The number of unbranched alkanes of at least 4 members (excludes halogenated alkanes) is 1. The molecule has 1 aromatic rings. The van der Waals surface area contributed by atoms with Gasteiger partial charge in [0.1, 0.15) is 0 Å². The zero-order valence-electron chi connectivity index (χ0n) is 11.0. The third kappa shape index (κ3) is 6.07. The Morgan fingerprint density at radius 3 is 2.83 bits per heavy atom. The number of hydrogen-bond donors (Lipinski definition) is 2. The molecule has 1 amide bonds. The molecule has 3 nitrogen and oxygen atoms in total. The molecule has 1 N–H and O–H groups in total. The molecule has 0 unspecified atom stereocenters. The molecule has 0 aliphatic rings. The van der Waals surface area contributed by atoms with Gasteiger partial charge in [-0.2, -0.15) is 0 Å². The van der Waals surface area contributed by atoms with Crippen LogP contribution in [-0.4, -0.2) is 25.2 Å². The highest BCUT2D eigenvalue weighted by molar-refractivity contribution is 7.80. The van der Waals surface area contributed by atoms with E-state index in [9.17, 15) is 4.79 Å². The van der Waals surface area contributed by atoms with Gasteiger partial charge in [0.25, 0.3) is 5.91 Å². The monoisotopic (exact) mass is 267 g/mol. The highest BCUT2D eigenvalue weighted by Gasteiger charge is 2.04. The molecular formula is C14H21NO2S. The van der Waals surface area contributed by atoms with E-state index in [1.165, 1.54) is 0 Å². The van der Waals surface area contributed by atoms with Crippen LogP contribution in [0.2, 0.25) is 0 Å². The minimum absolute atomic E-state index is 0.0457. The second kappa shape index (κ2) is 8.16. The van der Waals surface area contributed by atoms with Crippen LogP contribution in [0.15, 0.2) is 29.2 Å². The van der Waals surface area contributed by atoms with Gasteiger partial charge in [0.15, 0.2) is 0 Å². The molecule has 0 fully saturated rings. The zero-order valence-corrected chi connectivity index (χ0v) is 11.9. The number of rotatable bonds is 7. The van der Waals surface area contributed by atoms with Crippen molar-refractivity contribution in [3.63, 3.8) is 0 Å². The SMILES string of the molecule is CC(C)OCCCCNC(=O)c1cccc(S)c1. The summed E-state index contributed by atoms with van der Waals surface area (Å²) in [5, 5.41) is 2.89. The summed E-state index contributed by atoms with van der Waals surface area (Å²) in [4.78, 5) is 12.6. The number of amides is 1. The molecule has 4 heteroatoms. The maximum atomic E-state index is 11.8. The fourth-order valence-electron chi connectivity index (χ4n) is 1.50. The molecule has 0 aromatic heterocycles. The Morgan fingerprint density at radius 2 is 2.17 bits per heavy atom. The van der Waals surface area contributed by atoms with Crippen molar-refractivity contribution in [3.05, 3.63) is 29.8 Å². The molecule has 0 bridgehead atoms. The standard InChI is InChI=1S/C14H21NO2S/c1-11(2)17-9-4-3-8-15-14(16)12-6-5-7-13(18)10-12/h5-7,10-11,18H,3-4,8-9H2,1-2H3,(H,15,16). The zero-order chi connectivity index (χ0) is 13.4. The maximum absolute atomic E-state index is 11.8. The summed E-state index contributed by atoms with van der Waals surface area (Å²) >= 11 is 4.21. The van der Waals surface area contributed by atoms with Gasteiger partial charge in [-0.3, -0.25) is 4.79 Å². The van der Waals surface area contributed by atoms with Crippen molar-refractivity contribution in [2.45, 2.75) is 37.7 Å². The molecular weight excluding hydrogens is 246 g/mol. The van der Waals surface area contributed by atoms with Gasteiger partial charge in [0.05, 0.1) is 6.10 Å². The van der Waals surface area contributed by atoms with Crippen LogP contribution < -0.4 is 5.32 Å². The lowest BCUT2D eigenvalue weighted by Crippen LogP contribution is -2.24. The number of nitrogens with one attached hydrogen (secondary N) is 1. The van der Waals surface area contributed by atoms with Crippen molar-refractivity contribution < 1.29 is 9.53 Å². The molecule has 18 heavy (non-hydrogen) atoms. The molecule has 0 saturated heterocycles. The summed E-state index contributed by atoms with van der Waals surface area (Å²) in [7, 11) is 0. The third-order valence-electron chi connectivity index (χ3n) is 2.42. The van der Waals surface area contributed by atoms with Crippen LogP contribution in [0.1, 0.15) is 37.0 Å². The fourth-order valence-corrected chi connectivity index (χ4v) is 1.72. The molecule has 0 radical (unpaired) electrons. The highest BCUT2D eigenvalue weighted by atomic mass is 32.1. The maximum Gasteiger partial charge on any atom is 0.251 e. The topological polar surface area (TPSA) is 38.3 Å². The molecule has 0 heterocycles. The van der Waals surface area contributed by atoms with Gasteiger partial charge in [0, 0.05) is 23.6 Å². The average Bonchev–Trinajstić information content (AvgIpc) is 2.33. The van der Waals surface area contributed by atoms with Crippen LogP contribution >= 0.6 is 12.6 Å². The van der Waals surface area contributed by atoms with Crippen molar-refractivity contribution in [1.29, 1.82) is 0 Å². The molecule has 0 saturated carbocycles. The number of thiol groups is 1. The van der Waals surface area contributed by atoms with E-state index >= 15 is 0 Å². The van der Waals surface area contributed by atoms with Crippen LogP contribution in [-0.2, 0) is 4.74 Å². The number of benzene rings is 1. The van der Waals surface area contributed by atoms with E-state index in [1.807, 2.05) is 26.0 Å². The summed E-state index contributed by atoms with van der Waals surface area (Å²) in [5.74, 6) is -0.0457. The highest BCUT2D eigenvalue weighted by Crippen LogP contribution is 2.08. The van der Waals surface area contributed by atoms with E-state index in [2.05, 4.69) is 17.9 Å². The molecule has 1 rings (SSSR count). The lowest BCUT2D eigenvalue weighted by molar-refractivity contribution is 0.0754. The molecule has 1 aromatic carbocycles. The Labute approximate surface area is 114 Å². The second-order valence-electron chi connectivity index (χ2n) is 4.43. The number of carbonyl (C=O) groups is 1. The van der Waals surface area contributed by atoms with Gasteiger partial charge >= 0.3 is 0 Å². The first-order valence-corrected chi connectivity index (χ1v) is 6.73. The van der Waals surface area contributed by atoms with Crippen molar-refractivity contribution in [2.75, 3.05) is 13.2 Å². The van der Waals surface area contributed by atoms with Crippen LogP contribution in [0.5, 0.6) is 0 Å². The number of hydrogen-bond acceptors (Lipinski definition) is 3. The summed E-state index contributed by atoms with van der Waals surface area (Å²) in [6.07, 6.45) is 2.17. The van der Waals surface area contributed by atoms with Crippen molar-refractivity contribution in [3.8, 4) is 0 Å². The van der Waals surface area contributed by atoms with E-state index < -0.39 is 0 Å². The predicted octanol–water partition coefficient (Wildman–Crippen LogP) is 2.91. The molecule has 0 aliphatic heterocycles. The van der Waals surface area contributed by atoms with Gasteiger partial charge in [-0.15, -0.1) is 12.6 Å². The second-order valence-corrected chi connectivity index (χ2v) is 4.95. The van der Waals surface area contributed by atoms with Gasteiger partial charge in [0.2, 0.25) is 0 Å². The van der Waals surface area contributed by atoms with Crippen molar-refractivity contribution in [2.24, 2.45) is 0 Å². The Kier molecular flexibility index (Phi) is 6.83. The third-order valence-corrected chi connectivity index (χ3v) is 2.69. The summed E-state index contributed by atoms with van der Waals surface area (Å²) < 4.78 is 5.43. The quantitative estimate of drug-likeness (QED) is 0.589. The average molecular weight is 267 g/mol. The first-order chi connectivity index (χ1) is 8.59. The minimum Gasteiger partial charge on any atom is -0.379 e. The van der Waals surface area contributed by atoms with Gasteiger partial charge in [-0.1, -0.05) is 6.07 Å². The summed E-state index contributed by atoms with van der Waals surface area (Å²) in [6.45, 7) is 5.47. The lowest BCUT2D eigenvalue weighted by Gasteiger charge is -2.08. The largest absolute Gasteiger partial charge is 0.379 e. The number of ether oxygens (including phenoxy) is 1. The van der Waals surface area contributed by atoms with E-state index in [0.717, 1.165) is 24.3 Å². The van der Waals surface area contributed by atoms with Gasteiger partial charge < -0.3 is 10.1 Å². The van der Waals surface area contributed by atoms with E-state index in [-0.39, 0.29) is 12.0 Å². The first-order valence-electron chi connectivity index (χ1n) is 6.28.